The zero-order valence-corrected chi connectivity index (χ0v) is 54.6. The third kappa shape index (κ3) is 14.2. The number of carboxylic acid groups (broad SMARTS) is 2. The van der Waals surface area contributed by atoms with E-state index in [1.807, 2.05) is 0 Å². The molecule has 10 N–H and O–H groups in total. The lowest BCUT2D eigenvalue weighted by Crippen LogP contribution is -2.50. The van der Waals surface area contributed by atoms with Crippen LogP contribution in [0.2, 0.25) is 0 Å². The van der Waals surface area contributed by atoms with Gasteiger partial charge in [-0.3, -0.25) is 33.6 Å². The van der Waals surface area contributed by atoms with Gasteiger partial charge in [0.25, 0.3) is 23.6 Å². The lowest BCUT2D eigenvalue weighted by molar-refractivity contribution is -0.143. The van der Waals surface area contributed by atoms with Crippen molar-refractivity contribution in [2.75, 3.05) is 13.2 Å². The molecular formula is C62H57N13O13S6. The highest BCUT2D eigenvalue weighted by atomic mass is 32.1. The standard InChI is InChI=1S/C62H57N13O13S6/c1-27-43(76)20-75-49(27)60-72-42(26-93-60)57-68-38(22-90-57)47-34(16-17-35(65-47)56-70-39(24-91-56)51(81)64-32-12-10-31(11-13-32)62(86)87)55-69-40(23-89-55)52(82)66-36(19-44(63)77)58-74-46(28(2)94-58)54(84)73-48(50(80)30-6-4-3-5-7-30)59-71-41(25-92-59)53(83)67-37(61(75)85)18-29-8-14-33(15-9-29)88-21-45(78)79/h3-9,14-17,22-27,31-32,36-37,43,48-50,76,80H,10-13,18-21H2,1-2H3,(H2,63,77)(H,64,81)(H,66,82)(H,67,83)(H,73,84)(H,78,79)(H,86,87)/t27-,31-,32-,36-,37-,43-,48-,49-,50+/m0/s1. The van der Waals surface area contributed by atoms with Gasteiger partial charge in [0.2, 0.25) is 11.8 Å². The van der Waals surface area contributed by atoms with Gasteiger partial charge in [-0.15, -0.1) is 68.0 Å². The van der Waals surface area contributed by atoms with E-state index in [9.17, 15) is 54.0 Å². The number of pyridine rings is 1. The topological polar surface area (TPSA) is 394 Å². The first-order chi connectivity index (χ1) is 45.2. The molecule has 2 fully saturated rings. The van der Waals surface area contributed by atoms with Gasteiger partial charge in [-0.25, -0.2) is 39.7 Å². The number of primary amides is 1. The van der Waals surface area contributed by atoms with Gasteiger partial charge < -0.3 is 57.1 Å². The van der Waals surface area contributed by atoms with E-state index in [1.54, 1.807) is 84.6 Å². The van der Waals surface area contributed by atoms with Crippen LogP contribution in [0.15, 0.2) is 93.6 Å². The third-order valence-electron chi connectivity index (χ3n) is 16.2. The van der Waals surface area contributed by atoms with Crippen molar-refractivity contribution in [3.05, 3.63) is 147 Å². The first kappa shape index (κ1) is 64.9. The Bertz CT molecular complexity index is 4370. The van der Waals surface area contributed by atoms with Crippen molar-refractivity contribution < 1.29 is 63.5 Å². The number of carboxylic acids is 2. The second-order valence-corrected chi connectivity index (χ2v) is 28.2. The first-order valence-electron chi connectivity index (χ1n) is 29.4. The van der Waals surface area contributed by atoms with E-state index >= 15 is 4.79 Å². The van der Waals surface area contributed by atoms with Crippen LogP contribution < -0.4 is 31.7 Å². The van der Waals surface area contributed by atoms with E-state index in [2.05, 4.69) is 36.2 Å². The average molecular weight is 1380 g/mol. The molecule has 9 aromatic rings. The van der Waals surface area contributed by atoms with Gasteiger partial charge in [-0.1, -0.05) is 49.4 Å². The van der Waals surface area contributed by atoms with Crippen LogP contribution in [0.5, 0.6) is 5.75 Å². The Balaban J connectivity index is 0.929. The van der Waals surface area contributed by atoms with E-state index < -0.39 is 109 Å². The van der Waals surface area contributed by atoms with Crippen LogP contribution in [0.4, 0.5) is 0 Å². The molecule has 2 aromatic carbocycles. The number of aliphatic hydroxyl groups excluding tert-OH is 2. The second kappa shape index (κ2) is 27.8. The molecule has 2 aliphatic heterocycles. The quantitative estimate of drug-likeness (QED) is 0.0542. The van der Waals surface area contributed by atoms with Crippen molar-refractivity contribution in [3.63, 3.8) is 0 Å². The molecule has 3 aliphatic rings. The zero-order chi connectivity index (χ0) is 66.1. The molecule has 7 atom stereocenters. The number of rotatable bonds is 13. The molecule has 6 amide bonds. The van der Waals surface area contributed by atoms with Gasteiger partial charge >= 0.3 is 11.9 Å². The Morgan fingerprint density at radius 1 is 0.681 bits per heavy atom. The van der Waals surface area contributed by atoms with E-state index in [0.717, 1.165) is 34.0 Å². The lowest BCUT2D eigenvalue weighted by Gasteiger charge is -2.29. The average Bonchev–Trinajstić information content (AvgIpc) is 1.63. The SMILES string of the molecule is Cc1sc2nc1C(=O)N[C@@H]([C@H](O)c1ccccc1)c1nc(cs1)C(=O)N[C@@H](Cc1ccc(OCC(=O)O)cc1)C(=O)N1C[C@H](O)[C@H](C)[C@H]1c1nc(cs1)-c1nc(cs1)-c1nc(-c3nc(C(=O)N[C@H]4CC[C@H](C(=O)O)CC4)cs3)ccc1-c1nc(cs1)C(=O)N[C@H]2CC(N)=O. The zero-order valence-electron chi connectivity index (χ0n) is 49.7. The fourth-order valence-electron chi connectivity index (χ4n) is 11.3. The molecule has 26 nitrogen and oxygen atoms in total. The Hall–Kier alpha value is -9.15. The maximum absolute atomic E-state index is 15.3. The van der Waals surface area contributed by atoms with Gasteiger partial charge in [-0.05, 0) is 68.0 Å². The van der Waals surface area contributed by atoms with Crippen molar-refractivity contribution in [2.24, 2.45) is 17.6 Å². The van der Waals surface area contributed by atoms with Gasteiger partial charge in [-0.2, -0.15) is 0 Å². The summed E-state index contributed by atoms with van der Waals surface area (Å²) in [6, 6.07) is 13.4. The molecule has 1 aliphatic carbocycles. The number of ether oxygens (including phenoxy) is 1. The van der Waals surface area contributed by atoms with Gasteiger partial charge in [0.15, 0.2) is 6.61 Å². The van der Waals surface area contributed by atoms with Crippen molar-refractivity contribution in [3.8, 4) is 49.1 Å². The minimum Gasteiger partial charge on any atom is -0.482 e. The van der Waals surface area contributed by atoms with Gasteiger partial charge in [0.05, 0.1) is 36.2 Å². The summed E-state index contributed by atoms with van der Waals surface area (Å²) in [5.41, 5.74) is 8.50. The summed E-state index contributed by atoms with van der Waals surface area (Å²) in [5, 5.41) is 63.9. The predicted molar refractivity (Wildman–Crippen MR) is 348 cm³/mol. The summed E-state index contributed by atoms with van der Waals surface area (Å²) in [6.45, 7) is 2.69. The maximum Gasteiger partial charge on any atom is 0.341 e. The summed E-state index contributed by atoms with van der Waals surface area (Å²) in [7, 11) is 0. The molecule has 10 bridgehead atoms. The first-order valence-corrected chi connectivity index (χ1v) is 34.6. The van der Waals surface area contributed by atoms with Crippen molar-refractivity contribution >= 4 is 115 Å². The molecule has 1 saturated carbocycles. The number of fused-ring (bicyclic) bond motifs is 16. The third-order valence-corrected chi connectivity index (χ3v) is 21.7. The number of thiazole rings is 6. The summed E-state index contributed by atoms with van der Waals surface area (Å²) in [4.78, 5) is 144. The Morgan fingerprint density at radius 2 is 1.33 bits per heavy atom. The molecule has 12 rings (SSSR count). The molecule has 0 radical (unpaired) electrons. The predicted octanol–water partition coefficient (Wildman–Crippen LogP) is 7.42. The number of amides is 6. The molecule has 9 heterocycles. The minimum atomic E-state index is -1.44. The van der Waals surface area contributed by atoms with Gasteiger partial charge in [0.1, 0.15) is 93.8 Å². The fraction of sp³-hybridized carbons (Fsp3) is 0.306. The normalized spacial score (nSPS) is 21.3. The van der Waals surface area contributed by atoms with Crippen molar-refractivity contribution in [1.82, 2.24) is 61.1 Å². The van der Waals surface area contributed by atoms with E-state index in [4.69, 9.17) is 30.4 Å². The van der Waals surface area contributed by atoms with Crippen molar-refractivity contribution in [1.29, 1.82) is 0 Å². The smallest absolute Gasteiger partial charge is 0.341 e. The lowest BCUT2D eigenvalue weighted by atomic mass is 9.86. The number of aliphatic hydroxyl groups is 2. The van der Waals surface area contributed by atoms with Crippen LogP contribution in [-0.4, -0.2) is 139 Å². The molecule has 32 heteroatoms. The number of nitrogens with zero attached hydrogens (tertiary/aromatic N) is 8. The van der Waals surface area contributed by atoms with Crippen LogP contribution >= 0.6 is 68.0 Å². The number of nitrogens with one attached hydrogen (secondary N) is 4. The molecular weight excluding hydrogens is 1330 g/mol. The highest BCUT2D eigenvalue weighted by Crippen LogP contribution is 2.43. The Morgan fingerprint density at radius 3 is 2.06 bits per heavy atom. The van der Waals surface area contributed by atoms with E-state index in [0.29, 0.717) is 90.1 Å². The number of aryl methyl sites for hydroxylation is 1. The molecule has 7 aromatic heterocycles. The summed E-state index contributed by atoms with van der Waals surface area (Å²) in [5.74, 6) is -6.84. The summed E-state index contributed by atoms with van der Waals surface area (Å²) in [6.07, 6.45) is -1.06. The van der Waals surface area contributed by atoms with Gasteiger partial charge in [0, 0.05) is 62.3 Å². The van der Waals surface area contributed by atoms with Crippen LogP contribution in [-0.2, 0) is 25.6 Å². The second-order valence-electron chi connectivity index (χ2n) is 22.6. The minimum absolute atomic E-state index is 0.0428. The number of carbonyl (C=O) groups is 8. The highest BCUT2D eigenvalue weighted by Gasteiger charge is 2.46. The molecule has 484 valence electrons. The van der Waals surface area contributed by atoms with Crippen LogP contribution in [0.1, 0.15) is 136 Å². The Labute approximate surface area is 558 Å². The Kier molecular flexibility index (Phi) is 19.2. The molecule has 0 unspecified atom stereocenters. The van der Waals surface area contributed by atoms with Crippen LogP contribution in [0, 0.1) is 18.8 Å². The fourth-order valence-corrected chi connectivity index (χ4v) is 16.6. The summed E-state index contributed by atoms with van der Waals surface area (Å²) >= 11 is 6.80. The number of hydrogen-bond donors (Lipinski definition) is 9. The molecule has 94 heavy (non-hydrogen) atoms. The highest BCUT2D eigenvalue weighted by molar-refractivity contribution is 7.15. The van der Waals surface area contributed by atoms with E-state index in [1.165, 1.54) is 61.8 Å². The van der Waals surface area contributed by atoms with E-state index in [-0.39, 0.29) is 57.5 Å². The number of aliphatic carboxylic acids is 2. The monoisotopic (exact) mass is 1380 g/mol. The number of nitrogens with two attached hydrogens (primary N) is 1. The number of hydrogen-bond acceptors (Lipinski definition) is 24. The number of aromatic nitrogens is 7. The summed E-state index contributed by atoms with van der Waals surface area (Å²) < 4.78 is 5.36. The van der Waals surface area contributed by atoms with Crippen LogP contribution in [0.3, 0.4) is 0 Å². The largest absolute Gasteiger partial charge is 0.482 e. The van der Waals surface area contributed by atoms with Crippen LogP contribution in [0.25, 0.3) is 43.4 Å². The number of carbonyl (C=O) groups excluding carboxylic acids is 6. The number of benzene rings is 2. The molecule has 0 spiro atoms. The molecule has 1 saturated heterocycles. The maximum atomic E-state index is 15.3. The van der Waals surface area contributed by atoms with Crippen molar-refractivity contribution in [2.45, 2.75) is 94.8 Å².